The Bertz CT molecular complexity index is 1290. The molecule has 0 aliphatic carbocycles. The van der Waals surface area contributed by atoms with Crippen molar-refractivity contribution in [1.29, 1.82) is 0 Å². The molecule has 4 aromatic rings. The first kappa shape index (κ1) is 19.9. The second-order valence-corrected chi connectivity index (χ2v) is 9.77. The van der Waals surface area contributed by atoms with Gasteiger partial charge < -0.3 is 4.57 Å². The number of hydrogen-bond acceptors (Lipinski definition) is 6. The Morgan fingerprint density at radius 1 is 1.21 bits per heavy atom. The van der Waals surface area contributed by atoms with Crippen molar-refractivity contribution in [3.8, 4) is 10.6 Å². The first-order valence-electron chi connectivity index (χ1n) is 9.22. The molecule has 0 radical (unpaired) electrons. The molecule has 5 nitrogen and oxygen atoms in total. The molecule has 3 aromatic heterocycles. The van der Waals surface area contributed by atoms with Crippen LogP contribution in [-0.4, -0.2) is 19.1 Å². The van der Waals surface area contributed by atoms with E-state index in [1.165, 1.54) is 16.9 Å². The van der Waals surface area contributed by atoms with Crippen molar-refractivity contribution in [3.05, 3.63) is 74.2 Å². The van der Waals surface area contributed by atoms with Crippen LogP contribution in [-0.2, 0) is 13.1 Å². The molecule has 0 fully saturated rings. The molecule has 0 spiro atoms. The summed E-state index contributed by atoms with van der Waals surface area (Å²) in [6.45, 7) is 9.09. The van der Waals surface area contributed by atoms with Crippen molar-refractivity contribution in [2.45, 2.75) is 32.9 Å². The van der Waals surface area contributed by atoms with Gasteiger partial charge >= 0.3 is 0 Å². The van der Waals surface area contributed by atoms with E-state index >= 15 is 0 Å². The molecule has 148 valence electrons. The summed E-state index contributed by atoms with van der Waals surface area (Å²) in [5.41, 5.74) is 2.94. The minimum Gasteiger partial charge on any atom is -0.304 e. The smallest absolute Gasteiger partial charge is 0.273 e. The minimum atomic E-state index is -0.0786. The van der Waals surface area contributed by atoms with E-state index in [0.29, 0.717) is 33.3 Å². The standard InChI is InChI=1S/C21H20N4OS3/c1-4-9-25-18-17(29-21(25)27)20(26)24(12-23-18)11-16-10-22-19(28-16)15-7-5-14(6-8-15)13(2)3/h4-8,10,12-13H,1,9,11H2,2-3H3. The predicted octanol–water partition coefficient (Wildman–Crippen LogP) is 5.47. The number of allylic oxidation sites excluding steroid dienone is 1. The molecule has 8 heteroatoms. The van der Waals surface area contributed by atoms with Gasteiger partial charge in [-0.25, -0.2) is 9.97 Å². The maximum Gasteiger partial charge on any atom is 0.273 e. The zero-order chi connectivity index (χ0) is 20.5. The number of rotatable bonds is 6. The Labute approximate surface area is 181 Å². The van der Waals surface area contributed by atoms with Crippen LogP contribution in [0.15, 0.2) is 54.2 Å². The van der Waals surface area contributed by atoms with Crippen LogP contribution in [0.25, 0.3) is 20.9 Å². The van der Waals surface area contributed by atoms with Gasteiger partial charge in [-0.05, 0) is 23.7 Å². The van der Waals surface area contributed by atoms with Crippen molar-refractivity contribution in [2.24, 2.45) is 0 Å². The van der Waals surface area contributed by atoms with E-state index < -0.39 is 0 Å². The normalized spacial score (nSPS) is 11.4. The lowest BCUT2D eigenvalue weighted by atomic mass is 10.0. The molecule has 29 heavy (non-hydrogen) atoms. The molecule has 0 N–H and O–H groups in total. The molecular formula is C21H20N4OS3. The van der Waals surface area contributed by atoms with Crippen LogP contribution in [0.1, 0.15) is 30.2 Å². The number of hydrogen-bond donors (Lipinski definition) is 0. The summed E-state index contributed by atoms with van der Waals surface area (Å²) in [5, 5.41) is 0.949. The van der Waals surface area contributed by atoms with Gasteiger partial charge in [0, 0.05) is 23.2 Å². The molecule has 3 heterocycles. The summed E-state index contributed by atoms with van der Waals surface area (Å²) in [7, 11) is 0. The van der Waals surface area contributed by atoms with Gasteiger partial charge in [-0.2, -0.15) is 0 Å². The highest BCUT2D eigenvalue weighted by atomic mass is 32.1. The van der Waals surface area contributed by atoms with Crippen molar-refractivity contribution in [1.82, 2.24) is 19.1 Å². The lowest BCUT2D eigenvalue weighted by molar-refractivity contribution is 0.748. The highest BCUT2D eigenvalue weighted by molar-refractivity contribution is 7.73. The molecule has 4 rings (SSSR count). The van der Waals surface area contributed by atoms with Crippen LogP contribution < -0.4 is 5.56 Å². The van der Waals surface area contributed by atoms with E-state index in [1.807, 2.05) is 10.8 Å². The molecule has 0 atom stereocenters. The molecule has 1 aromatic carbocycles. The van der Waals surface area contributed by atoms with Gasteiger partial charge in [-0.15, -0.1) is 17.9 Å². The summed E-state index contributed by atoms with van der Waals surface area (Å²) >= 11 is 8.26. The highest BCUT2D eigenvalue weighted by Gasteiger charge is 2.13. The second kappa shape index (κ2) is 8.14. The summed E-state index contributed by atoms with van der Waals surface area (Å²) in [6, 6.07) is 8.50. The molecule has 0 aliphatic rings. The van der Waals surface area contributed by atoms with E-state index in [1.54, 1.807) is 28.3 Å². The second-order valence-electron chi connectivity index (χ2n) is 7.01. The SMILES string of the molecule is C=CCn1c(=S)sc2c(=O)n(Cc3cnc(-c4ccc(C(C)C)cc4)s3)cnc21. The Kier molecular flexibility index (Phi) is 5.58. The van der Waals surface area contributed by atoms with E-state index in [9.17, 15) is 4.79 Å². The fourth-order valence-electron chi connectivity index (χ4n) is 3.07. The molecule has 0 amide bonds. The first-order chi connectivity index (χ1) is 14.0. The van der Waals surface area contributed by atoms with E-state index in [2.05, 4.69) is 54.7 Å². The van der Waals surface area contributed by atoms with Gasteiger partial charge in [0.2, 0.25) is 0 Å². The third-order valence-corrected chi connectivity index (χ3v) is 7.12. The third-order valence-electron chi connectivity index (χ3n) is 4.66. The molecular weight excluding hydrogens is 420 g/mol. The van der Waals surface area contributed by atoms with E-state index in [-0.39, 0.29) is 5.56 Å². The fraction of sp³-hybridized carbons (Fsp3) is 0.238. The van der Waals surface area contributed by atoms with Crippen molar-refractivity contribution in [2.75, 3.05) is 0 Å². The summed E-state index contributed by atoms with van der Waals surface area (Å²) in [6.07, 6.45) is 5.17. The number of benzene rings is 1. The van der Waals surface area contributed by atoms with Crippen molar-refractivity contribution >= 4 is 45.2 Å². The lowest BCUT2D eigenvalue weighted by Gasteiger charge is -2.05. The highest BCUT2D eigenvalue weighted by Crippen LogP contribution is 2.27. The monoisotopic (exact) mass is 440 g/mol. The summed E-state index contributed by atoms with van der Waals surface area (Å²) in [5.74, 6) is 0.503. The molecule has 0 saturated carbocycles. The van der Waals surface area contributed by atoms with Crippen molar-refractivity contribution in [3.63, 3.8) is 0 Å². The molecule has 0 saturated heterocycles. The Hall–Kier alpha value is -2.42. The number of aromatic nitrogens is 4. The maximum absolute atomic E-state index is 12.9. The topological polar surface area (TPSA) is 52.7 Å². The zero-order valence-corrected chi connectivity index (χ0v) is 18.6. The fourth-order valence-corrected chi connectivity index (χ4v) is 5.30. The zero-order valence-electron chi connectivity index (χ0n) is 16.2. The van der Waals surface area contributed by atoms with Gasteiger partial charge in [0.1, 0.15) is 16.0 Å². The van der Waals surface area contributed by atoms with E-state index in [4.69, 9.17) is 12.2 Å². The Morgan fingerprint density at radius 3 is 2.66 bits per heavy atom. The van der Waals surface area contributed by atoms with Crippen LogP contribution >= 0.6 is 34.9 Å². The van der Waals surface area contributed by atoms with E-state index in [0.717, 1.165) is 15.4 Å². The average molecular weight is 441 g/mol. The van der Waals surface area contributed by atoms with Gasteiger partial charge in [0.25, 0.3) is 5.56 Å². The van der Waals surface area contributed by atoms with Crippen molar-refractivity contribution < 1.29 is 0 Å². The van der Waals surface area contributed by atoms with Crippen LogP contribution in [0.3, 0.4) is 0 Å². The maximum atomic E-state index is 12.9. The first-order valence-corrected chi connectivity index (χ1v) is 11.3. The largest absolute Gasteiger partial charge is 0.304 e. The number of fused-ring (bicyclic) bond motifs is 1. The lowest BCUT2D eigenvalue weighted by Crippen LogP contribution is -2.20. The van der Waals surface area contributed by atoms with Gasteiger partial charge in [0.05, 0.1) is 6.54 Å². The molecule has 0 aliphatic heterocycles. The van der Waals surface area contributed by atoms with Gasteiger partial charge in [-0.3, -0.25) is 9.36 Å². The number of thiazole rings is 2. The Balaban J connectivity index is 1.62. The van der Waals surface area contributed by atoms with Crippen LogP contribution in [0.5, 0.6) is 0 Å². The summed E-state index contributed by atoms with van der Waals surface area (Å²) < 4.78 is 4.66. The molecule has 0 unspecified atom stereocenters. The number of nitrogens with zero attached hydrogens (tertiary/aromatic N) is 4. The minimum absolute atomic E-state index is 0.0786. The third kappa shape index (κ3) is 3.88. The van der Waals surface area contributed by atoms with Gasteiger partial charge in [-0.1, -0.05) is 55.5 Å². The van der Waals surface area contributed by atoms with Crippen LogP contribution in [0.4, 0.5) is 0 Å². The Morgan fingerprint density at radius 2 is 1.97 bits per heavy atom. The quantitative estimate of drug-likeness (QED) is 0.295. The average Bonchev–Trinajstić information content (AvgIpc) is 3.30. The van der Waals surface area contributed by atoms with Crippen LogP contribution in [0, 0.1) is 3.95 Å². The summed E-state index contributed by atoms with van der Waals surface area (Å²) in [4.78, 5) is 22.9. The predicted molar refractivity (Wildman–Crippen MR) is 124 cm³/mol. The van der Waals surface area contributed by atoms with Crippen LogP contribution in [0.2, 0.25) is 0 Å². The molecule has 0 bridgehead atoms. The van der Waals surface area contributed by atoms with Gasteiger partial charge in [0.15, 0.2) is 9.60 Å².